The molecule has 0 aliphatic carbocycles. The highest BCUT2D eigenvalue weighted by Gasteiger charge is 2.10. The van der Waals surface area contributed by atoms with Crippen LogP contribution in [-0.4, -0.2) is 26.2 Å². The van der Waals surface area contributed by atoms with Crippen LogP contribution in [0.3, 0.4) is 0 Å². The summed E-state index contributed by atoms with van der Waals surface area (Å²) in [6.45, 7) is 1.08. The zero-order valence-electron chi connectivity index (χ0n) is 13.5. The van der Waals surface area contributed by atoms with Gasteiger partial charge in [0, 0.05) is 12.2 Å². The second-order valence-corrected chi connectivity index (χ2v) is 5.32. The van der Waals surface area contributed by atoms with E-state index in [9.17, 15) is 4.79 Å². The number of methoxy groups -OCH3 is 1. The average Bonchev–Trinajstić information content (AvgIpc) is 2.65. The second-order valence-electron chi connectivity index (χ2n) is 5.32. The lowest BCUT2D eigenvalue weighted by Crippen LogP contribution is -2.14. The van der Waals surface area contributed by atoms with Gasteiger partial charge in [0.1, 0.15) is 12.4 Å². The van der Waals surface area contributed by atoms with Crippen LogP contribution >= 0.6 is 0 Å². The fourth-order valence-corrected chi connectivity index (χ4v) is 2.54. The van der Waals surface area contributed by atoms with Crippen LogP contribution in [-0.2, 0) is 4.74 Å². The average molecular weight is 321 g/mol. The number of anilines is 1. The van der Waals surface area contributed by atoms with E-state index in [-0.39, 0.29) is 5.97 Å². The van der Waals surface area contributed by atoms with Gasteiger partial charge in [0.05, 0.1) is 12.7 Å². The number of benzene rings is 3. The minimum absolute atomic E-state index is 0.353. The Hall–Kier alpha value is -3.01. The van der Waals surface area contributed by atoms with Gasteiger partial charge >= 0.3 is 5.97 Å². The molecule has 0 heterocycles. The Balaban J connectivity index is 1.58. The molecule has 3 aromatic rings. The predicted molar refractivity (Wildman–Crippen MR) is 95.7 cm³/mol. The summed E-state index contributed by atoms with van der Waals surface area (Å²) in [6.07, 6.45) is 0. The third-order valence-electron chi connectivity index (χ3n) is 3.74. The van der Waals surface area contributed by atoms with E-state index in [0.717, 1.165) is 16.8 Å². The van der Waals surface area contributed by atoms with E-state index in [2.05, 4.69) is 17.4 Å². The molecule has 0 spiro atoms. The normalized spacial score (nSPS) is 10.4. The molecule has 1 N–H and O–H groups in total. The molecule has 0 radical (unpaired) electrons. The number of para-hydroxylation sites is 1. The van der Waals surface area contributed by atoms with Crippen LogP contribution in [0, 0.1) is 0 Å². The van der Waals surface area contributed by atoms with Crippen LogP contribution in [0.1, 0.15) is 10.4 Å². The van der Waals surface area contributed by atoms with Crippen molar-refractivity contribution in [2.75, 3.05) is 25.6 Å². The van der Waals surface area contributed by atoms with Crippen molar-refractivity contribution in [3.05, 3.63) is 72.3 Å². The maximum atomic E-state index is 11.7. The van der Waals surface area contributed by atoms with Crippen LogP contribution in [0.4, 0.5) is 5.69 Å². The largest absolute Gasteiger partial charge is 0.492 e. The van der Waals surface area contributed by atoms with Gasteiger partial charge in [0.25, 0.3) is 0 Å². The second kappa shape index (κ2) is 7.51. The van der Waals surface area contributed by atoms with Crippen molar-refractivity contribution < 1.29 is 14.3 Å². The molecular formula is C20H19NO3. The van der Waals surface area contributed by atoms with Crippen molar-refractivity contribution in [2.45, 2.75) is 0 Å². The van der Waals surface area contributed by atoms with Gasteiger partial charge in [-0.15, -0.1) is 0 Å². The van der Waals surface area contributed by atoms with Crippen molar-refractivity contribution in [1.29, 1.82) is 0 Å². The topological polar surface area (TPSA) is 47.6 Å². The van der Waals surface area contributed by atoms with Gasteiger partial charge in [-0.25, -0.2) is 4.79 Å². The van der Waals surface area contributed by atoms with Crippen molar-refractivity contribution in [1.82, 2.24) is 0 Å². The van der Waals surface area contributed by atoms with Gasteiger partial charge < -0.3 is 14.8 Å². The van der Waals surface area contributed by atoms with E-state index in [1.165, 1.54) is 12.5 Å². The molecule has 0 atom stereocenters. The Kier molecular flexibility index (Phi) is 4.96. The summed E-state index contributed by atoms with van der Waals surface area (Å²) in [6, 6.07) is 21.5. The molecule has 0 unspecified atom stereocenters. The first-order valence-electron chi connectivity index (χ1n) is 7.81. The number of carbonyl (C=O) groups is 1. The summed E-state index contributed by atoms with van der Waals surface area (Å²) in [4.78, 5) is 11.7. The van der Waals surface area contributed by atoms with Gasteiger partial charge in [-0.2, -0.15) is 0 Å². The number of hydrogen-bond donors (Lipinski definition) is 1. The minimum Gasteiger partial charge on any atom is -0.492 e. The molecule has 0 aliphatic rings. The number of nitrogens with one attached hydrogen (secondary N) is 1. The number of esters is 1. The number of rotatable bonds is 6. The van der Waals surface area contributed by atoms with Crippen LogP contribution in [0.15, 0.2) is 66.7 Å². The Morgan fingerprint density at radius 3 is 2.54 bits per heavy atom. The SMILES string of the molecule is COC(=O)c1ccccc1NCCOc1ccc2ccccc2c1. The predicted octanol–water partition coefficient (Wildman–Crippen LogP) is 4.12. The fraction of sp³-hybridized carbons (Fsp3) is 0.150. The van der Waals surface area contributed by atoms with E-state index in [0.29, 0.717) is 18.7 Å². The lowest BCUT2D eigenvalue weighted by Gasteiger charge is -2.12. The van der Waals surface area contributed by atoms with Crippen molar-refractivity contribution >= 4 is 22.4 Å². The van der Waals surface area contributed by atoms with Crippen LogP contribution in [0.5, 0.6) is 5.75 Å². The zero-order valence-corrected chi connectivity index (χ0v) is 13.5. The molecule has 0 saturated heterocycles. The maximum absolute atomic E-state index is 11.7. The highest BCUT2D eigenvalue weighted by molar-refractivity contribution is 5.95. The summed E-state index contributed by atoms with van der Waals surface area (Å²) in [5, 5.41) is 5.55. The highest BCUT2D eigenvalue weighted by Crippen LogP contribution is 2.20. The van der Waals surface area contributed by atoms with E-state index < -0.39 is 0 Å². The summed E-state index contributed by atoms with van der Waals surface area (Å²) in [5.74, 6) is 0.477. The van der Waals surface area contributed by atoms with Crippen molar-refractivity contribution in [3.63, 3.8) is 0 Å². The quantitative estimate of drug-likeness (QED) is 0.548. The molecule has 0 aromatic heterocycles. The molecule has 0 bridgehead atoms. The first-order valence-corrected chi connectivity index (χ1v) is 7.81. The van der Waals surface area contributed by atoms with E-state index in [1.54, 1.807) is 6.07 Å². The molecule has 122 valence electrons. The summed E-state index contributed by atoms with van der Waals surface area (Å²) < 4.78 is 10.6. The minimum atomic E-state index is -0.353. The summed E-state index contributed by atoms with van der Waals surface area (Å²) >= 11 is 0. The maximum Gasteiger partial charge on any atom is 0.339 e. The number of ether oxygens (including phenoxy) is 2. The number of carbonyl (C=O) groups excluding carboxylic acids is 1. The summed E-state index contributed by atoms with van der Waals surface area (Å²) in [7, 11) is 1.38. The lowest BCUT2D eigenvalue weighted by molar-refractivity contribution is 0.0602. The zero-order chi connectivity index (χ0) is 16.8. The van der Waals surface area contributed by atoms with Crippen molar-refractivity contribution in [2.24, 2.45) is 0 Å². The molecule has 3 aromatic carbocycles. The van der Waals surface area contributed by atoms with Gasteiger partial charge in [-0.3, -0.25) is 0 Å². The summed E-state index contributed by atoms with van der Waals surface area (Å²) in [5.41, 5.74) is 1.26. The molecule has 0 aliphatic heterocycles. The Morgan fingerprint density at radius 1 is 0.958 bits per heavy atom. The molecule has 0 saturated carbocycles. The van der Waals surface area contributed by atoms with Gasteiger partial charge in [0.15, 0.2) is 0 Å². The first kappa shape index (κ1) is 15.9. The molecule has 4 heteroatoms. The molecule has 0 amide bonds. The third-order valence-corrected chi connectivity index (χ3v) is 3.74. The van der Waals surface area contributed by atoms with Crippen molar-refractivity contribution in [3.8, 4) is 5.75 Å². The number of hydrogen-bond acceptors (Lipinski definition) is 4. The van der Waals surface area contributed by atoms with Gasteiger partial charge in [0.2, 0.25) is 0 Å². The van der Waals surface area contributed by atoms with Crippen LogP contribution < -0.4 is 10.1 Å². The van der Waals surface area contributed by atoms with E-state index >= 15 is 0 Å². The molecule has 4 nitrogen and oxygen atoms in total. The third kappa shape index (κ3) is 3.66. The molecule has 3 rings (SSSR count). The van der Waals surface area contributed by atoms with Crippen LogP contribution in [0.25, 0.3) is 10.8 Å². The molecule has 24 heavy (non-hydrogen) atoms. The number of fused-ring (bicyclic) bond motifs is 1. The molecule has 0 fully saturated rings. The highest BCUT2D eigenvalue weighted by atomic mass is 16.5. The molecular weight excluding hydrogens is 302 g/mol. The fourth-order valence-electron chi connectivity index (χ4n) is 2.54. The lowest BCUT2D eigenvalue weighted by atomic mass is 10.1. The van der Waals surface area contributed by atoms with E-state index in [4.69, 9.17) is 9.47 Å². The van der Waals surface area contributed by atoms with Gasteiger partial charge in [-0.1, -0.05) is 42.5 Å². The monoisotopic (exact) mass is 321 g/mol. The Morgan fingerprint density at radius 2 is 1.71 bits per heavy atom. The Bertz CT molecular complexity index is 845. The van der Waals surface area contributed by atoms with E-state index in [1.807, 2.05) is 48.5 Å². The Labute approximate surface area is 141 Å². The van der Waals surface area contributed by atoms with Crippen LogP contribution in [0.2, 0.25) is 0 Å². The standard InChI is InChI=1S/C20H19NO3/c1-23-20(22)18-8-4-5-9-19(18)21-12-13-24-17-11-10-15-6-2-3-7-16(15)14-17/h2-11,14,21H,12-13H2,1H3. The smallest absolute Gasteiger partial charge is 0.339 e. The van der Waals surface area contributed by atoms with Gasteiger partial charge in [-0.05, 0) is 35.0 Å². The first-order chi connectivity index (χ1) is 11.8.